The minimum atomic E-state index is 0.347. The molecular formula is C16H18N2S2. The van der Waals surface area contributed by atoms with Gasteiger partial charge in [-0.2, -0.15) is 0 Å². The van der Waals surface area contributed by atoms with Crippen LogP contribution in [0.5, 0.6) is 0 Å². The number of fused-ring (bicyclic) bond motifs is 1. The predicted molar refractivity (Wildman–Crippen MR) is 88.8 cm³/mol. The second kappa shape index (κ2) is 6.04. The highest BCUT2D eigenvalue weighted by Crippen LogP contribution is 2.34. The number of nitrogens with zero attached hydrogens (tertiary/aromatic N) is 1. The van der Waals surface area contributed by atoms with Crippen LogP contribution in [0.15, 0.2) is 35.8 Å². The lowest BCUT2D eigenvalue weighted by Gasteiger charge is -2.14. The third-order valence-corrected chi connectivity index (χ3v) is 5.76. The average molecular weight is 302 g/mol. The SMILES string of the molecule is CCc1ccc(CC(NC)c2cc3sccc3s2)nc1. The van der Waals surface area contributed by atoms with Gasteiger partial charge < -0.3 is 5.32 Å². The lowest BCUT2D eigenvalue weighted by Crippen LogP contribution is -2.18. The minimum Gasteiger partial charge on any atom is -0.312 e. The number of aryl methyl sites for hydroxylation is 1. The molecule has 2 nitrogen and oxygen atoms in total. The highest BCUT2D eigenvalue weighted by Gasteiger charge is 2.14. The van der Waals surface area contributed by atoms with Crippen LogP contribution in [0, 0.1) is 0 Å². The number of aromatic nitrogens is 1. The molecule has 0 aliphatic heterocycles. The second-order valence-corrected chi connectivity index (χ2v) is 6.92. The molecule has 0 bridgehead atoms. The summed E-state index contributed by atoms with van der Waals surface area (Å²) >= 11 is 3.70. The van der Waals surface area contributed by atoms with Crippen molar-refractivity contribution in [2.75, 3.05) is 7.05 Å². The van der Waals surface area contributed by atoms with Crippen molar-refractivity contribution in [2.45, 2.75) is 25.8 Å². The van der Waals surface area contributed by atoms with E-state index in [0.29, 0.717) is 6.04 Å². The van der Waals surface area contributed by atoms with Crippen LogP contribution in [0.1, 0.15) is 29.1 Å². The Morgan fingerprint density at radius 2 is 2.15 bits per heavy atom. The zero-order valence-corrected chi connectivity index (χ0v) is 13.4. The largest absolute Gasteiger partial charge is 0.312 e. The van der Waals surface area contributed by atoms with Gasteiger partial charge in [-0.25, -0.2) is 0 Å². The maximum absolute atomic E-state index is 4.57. The molecular weight excluding hydrogens is 284 g/mol. The Morgan fingerprint density at radius 3 is 2.80 bits per heavy atom. The second-order valence-electron chi connectivity index (χ2n) is 4.85. The van der Waals surface area contributed by atoms with Crippen LogP contribution in [0.3, 0.4) is 0 Å². The van der Waals surface area contributed by atoms with Gasteiger partial charge >= 0.3 is 0 Å². The van der Waals surface area contributed by atoms with Gasteiger partial charge in [0.05, 0.1) is 0 Å². The molecule has 3 aromatic heterocycles. The van der Waals surface area contributed by atoms with Crippen LogP contribution >= 0.6 is 22.7 Å². The third-order valence-electron chi connectivity index (χ3n) is 3.56. The Bertz CT molecular complexity index is 653. The molecule has 1 unspecified atom stereocenters. The molecule has 0 aromatic carbocycles. The molecule has 0 saturated carbocycles. The number of pyridine rings is 1. The fourth-order valence-corrected chi connectivity index (χ4v) is 4.52. The van der Waals surface area contributed by atoms with Gasteiger partial charge in [-0.1, -0.05) is 13.0 Å². The summed E-state index contributed by atoms with van der Waals surface area (Å²) < 4.78 is 2.78. The molecule has 0 fully saturated rings. The zero-order valence-electron chi connectivity index (χ0n) is 11.7. The molecule has 0 spiro atoms. The van der Waals surface area contributed by atoms with Crippen molar-refractivity contribution >= 4 is 32.1 Å². The fourth-order valence-electron chi connectivity index (χ4n) is 2.30. The van der Waals surface area contributed by atoms with Gasteiger partial charge in [-0.3, -0.25) is 4.98 Å². The Labute approximate surface area is 127 Å². The Kier molecular flexibility index (Phi) is 4.15. The van der Waals surface area contributed by atoms with E-state index < -0.39 is 0 Å². The summed E-state index contributed by atoms with van der Waals surface area (Å²) in [6, 6.07) is 9.20. The molecule has 0 amide bonds. The minimum absolute atomic E-state index is 0.347. The van der Waals surface area contributed by atoms with Crippen LogP contribution < -0.4 is 5.32 Å². The van der Waals surface area contributed by atoms with Crippen molar-refractivity contribution in [3.63, 3.8) is 0 Å². The van der Waals surface area contributed by atoms with Gasteiger partial charge in [-0.05, 0) is 42.6 Å². The van der Waals surface area contributed by atoms with E-state index in [1.165, 1.54) is 19.8 Å². The Hall–Kier alpha value is -1.23. The van der Waals surface area contributed by atoms with E-state index in [2.05, 4.69) is 46.9 Å². The highest BCUT2D eigenvalue weighted by molar-refractivity contribution is 7.26. The number of hydrogen-bond acceptors (Lipinski definition) is 4. The quantitative estimate of drug-likeness (QED) is 0.754. The molecule has 1 N–H and O–H groups in total. The number of thiophene rings is 2. The van der Waals surface area contributed by atoms with E-state index in [0.717, 1.165) is 18.5 Å². The lowest BCUT2D eigenvalue weighted by molar-refractivity contribution is 0.594. The molecule has 20 heavy (non-hydrogen) atoms. The third kappa shape index (κ3) is 2.77. The van der Waals surface area contributed by atoms with E-state index in [4.69, 9.17) is 0 Å². The molecule has 0 radical (unpaired) electrons. The van der Waals surface area contributed by atoms with Crippen LogP contribution in [0.4, 0.5) is 0 Å². The Balaban J connectivity index is 1.80. The summed E-state index contributed by atoms with van der Waals surface area (Å²) in [7, 11) is 2.03. The number of likely N-dealkylation sites (N-methyl/N-ethyl adjacent to an activating group) is 1. The number of nitrogens with one attached hydrogen (secondary N) is 1. The Morgan fingerprint density at radius 1 is 1.25 bits per heavy atom. The first-order chi connectivity index (χ1) is 9.80. The molecule has 1 atom stereocenters. The maximum atomic E-state index is 4.57. The fraction of sp³-hybridized carbons (Fsp3) is 0.312. The monoisotopic (exact) mass is 302 g/mol. The van der Waals surface area contributed by atoms with Gasteiger partial charge in [0.1, 0.15) is 0 Å². The van der Waals surface area contributed by atoms with E-state index in [1.807, 2.05) is 35.9 Å². The smallest absolute Gasteiger partial charge is 0.0469 e. The van der Waals surface area contributed by atoms with Crippen molar-refractivity contribution in [3.8, 4) is 0 Å². The summed E-state index contributed by atoms with van der Waals surface area (Å²) in [5, 5.41) is 5.58. The summed E-state index contributed by atoms with van der Waals surface area (Å²) in [5.41, 5.74) is 2.45. The van der Waals surface area contributed by atoms with Gasteiger partial charge in [0.25, 0.3) is 0 Å². The molecule has 104 valence electrons. The summed E-state index contributed by atoms with van der Waals surface area (Å²) in [5.74, 6) is 0. The number of rotatable bonds is 5. The van der Waals surface area contributed by atoms with Gasteiger partial charge in [0, 0.05) is 38.6 Å². The van der Waals surface area contributed by atoms with Crippen molar-refractivity contribution in [1.29, 1.82) is 0 Å². The van der Waals surface area contributed by atoms with Gasteiger partial charge in [-0.15, -0.1) is 22.7 Å². The molecule has 3 rings (SSSR count). The van der Waals surface area contributed by atoms with Crippen LogP contribution in [0.25, 0.3) is 9.40 Å². The number of hydrogen-bond donors (Lipinski definition) is 1. The first-order valence-corrected chi connectivity index (χ1v) is 8.57. The summed E-state index contributed by atoms with van der Waals surface area (Å²) in [6.45, 7) is 2.16. The lowest BCUT2D eigenvalue weighted by atomic mass is 10.1. The average Bonchev–Trinajstić information content (AvgIpc) is 3.06. The van der Waals surface area contributed by atoms with Crippen molar-refractivity contribution < 1.29 is 0 Å². The topological polar surface area (TPSA) is 24.9 Å². The molecule has 3 aromatic rings. The first-order valence-electron chi connectivity index (χ1n) is 6.88. The predicted octanol–water partition coefficient (Wildman–Crippen LogP) is 4.42. The van der Waals surface area contributed by atoms with E-state index in [-0.39, 0.29) is 0 Å². The highest BCUT2D eigenvalue weighted by atomic mass is 32.1. The molecule has 3 heterocycles. The standard InChI is InChI=1S/C16H18N2S2/c1-3-11-4-5-12(18-10-11)8-13(17-2)15-9-16-14(20-15)6-7-19-16/h4-7,9-10,13,17H,3,8H2,1-2H3. The summed E-state index contributed by atoms with van der Waals surface area (Å²) in [6.07, 6.45) is 3.98. The molecule has 0 aliphatic carbocycles. The van der Waals surface area contributed by atoms with E-state index in [1.54, 1.807) is 0 Å². The van der Waals surface area contributed by atoms with Crippen LogP contribution in [0.2, 0.25) is 0 Å². The molecule has 0 aliphatic rings. The molecule has 0 saturated heterocycles. The zero-order chi connectivity index (χ0) is 13.9. The molecule has 4 heteroatoms. The van der Waals surface area contributed by atoms with Gasteiger partial charge in [0.15, 0.2) is 0 Å². The maximum Gasteiger partial charge on any atom is 0.0469 e. The first kappa shape index (κ1) is 13.7. The van der Waals surface area contributed by atoms with E-state index in [9.17, 15) is 0 Å². The van der Waals surface area contributed by atoms with Crippen LogP contribution in [-0.2, 0) is 12.8 Å². The van der Waals surface area contributed by atoms with Gasteiger partial charge in [0.2, 0.25) is 0 Å². The normalized spacial score (nSPS) is 12.9. The van der Waals surface area contributed by atoms with Crippen molar-refractivity contribution in [1.82, 2.24) is 10.3 Å². The van der Waals surface area contributed by atoms with E-state index >= 15 is 0 Å². The van der Waals surface area contributed by atoms with Crippen molar-refractivity contribution in [2.24, 2.45) is 0 Å². The van der Waals surface area contributed by atoms with Crippen LogP contribution in [-0.4, -0.2) is 12.0 Å². The summed E-state index contributed by atoms with van der Waals surface area (Å²) in [4.78, 5) is 5.97. The van der Waals surface area contributed by atoms with Crippen molar-refractivity contribution in [3.05, 3.63) is 52.0 Å².